The average Bonchev–Trinajstić information content (AvgIpc) is 2.35. The highest BCUT2D eigenvalue weighted by atomic mass is 35.5. The lowest BCUT2D eigenvalue weighted by Crippen LogP contribution is -2.50. The highest BCUT2D eigenvalue weighted by Crippen LogP contribution is 2.18. The van der Waals surface area contributed by atoms with Crippen LogP contribution in [0.2, 0.25) is 0 Å². The van der Waals surface area contributed by atoms with E-state index in [9.17, 15) is 9.18 Å². The normalized spacial score (nSPS) is 15.7. The van der Waals surface area contributed by atoms with Crippen LogP contribution in [0.5, 0.6) is 5.75 Å². The fourth-order valence-corrected chi connectivity index (χ4v) is 1.87. The molecule has 1 heterocycles. The van der Waals surface area contributed by atoms with Crippen molar-refractivity contribution in [1.29, 1.82) is 0 Å². The molecular formula is C14H20ClFN2O2. The molecule has 1 unspecified atom stereocenters. The van der Waals surface area contributed by atoms with Crippen molar-refractivity contribution in [3.8, 4) is 5.75 Å². The molecule has 112 valence electrons. The van der Waals surface area contributed by atoms with Gasteiger partial charge in [-0.15, -0.1) is 12.4 Å². The molecule has 1 aliphatic heterocycles. The molecule has 0 saturated carbocycles. The minimum absolute atomic E-state index is 0. The number of nitrogens with one attached hydrogen (secondary N) is 2. The van der Waals surface area contributed by atoms with Gasteiger partial charge in [0.1, 0.15) is 0 Å². The van der Waals surface area contributed by atoms with E-state index < -0.39 is 11.9 Å². The van der Waals surface area contributed by atoms with E-state index in [1.54, 1.807) is 12.1 Å². The van der Waals surface area contributed by atoms with Crippen molar-refractivity contribution in [2.24, 2.45) is 5.92 Å². The van der Waals surface area contributed by atoms with E-state index in [0.717, 1.165) is 13.1 Å². The highest BCUT2D eigenvalue weighted by molar-refractivity contribution is 5.85. The molecule has 20 heavy (non-hydrogen) atoms. The predicted molar refractivity (Wildman–Crippen MR) is 77.7 cm³/mol. The summed E-state index contributed by atoms with van der Waals surface area (Å²) in [6, 6.07) is 6.12. The number of amides is 1. The first-order valence-electron chi connectivity index (χ1n) is 6.60. The summed E-state index contributed by atoms with van der Waals surface area (Å²) in [5.41, 5.74) is 0. The third-order valence-electron chi connectivity index (χ3n) is 3.20. The molecular weight excluding hydrogens is 283 g/mol. The molecule has 2 rings (SSSR count). The molecule has 1 fully saturated rings. The summed E-state index contributed by atoms with van der Waals surface area (Å²) < 4.78 is 18.9. The molecule has 1 aliphatic rings. The summed E-state index contributed by atoms with van der Waals surface area (Å²) in [6.45, 7) is 4.36. The number of hydrogen-bond acceptors (Lipinski definition) is 3. The second-order valence-corrected chi connectivity index (χ2v) is 4.71. The van der Waals surface area contributed by atoms with Crippen LogP contribution in [0.4, 0.5) is 4.39 Å². The lowest BCUT2D eigenvalue weighted by molar-refractivity contribution is -0.128. The number of rotatable bonds is 6. The van der Waals surface area contributed by atoms with Crippen molar-refractivity contribution in [1.82, 2.24) is 10.6 Å². The topological polar surface area (TPSA) is 50.4 Å². The molecule has 1 aromatic carbocycles. The third kappa shape index (κ3) is 4.35. The summed E-state index contributed by atoms with van der Waals surface area (Å²) in [6.07, 6.45) is -0.145. The second kappa shape index (κ2) is 8.07. The van der Waals surface area contributed by atoms with Crippen LogP contribution in [0.15, 0.2) is 24.3 Å². The van der Waals surface area contributed by atoms with Gasteiger partial charge >= 0.3 is 0 Å². The van der Waals surface area contributed by atoms with Crippen LogP contribution in [0.25, 0.3) is 0 Å². The van der Waals surface area contributed by atoms with Crippen LogP contribution < -0.4 is 15.4 Å². The van der Waals surface area contributed by atoms with E-state index in [2.05, 4.69) is 10.6 Å². The van der Waals surface area contributed by atoms with Crippen LogP contribution in [-0.2, 0) is 4.79 Å². The van der Waals surface area contributed by atoms with Gasteiger partial charge in [-0.2, -0.15) is 0 Å². The van der Waals surface area contributed by atoms with Crippen LogP contribution in [0.3, 0.4) is 0 Å². The van der Waals surface area contributed by atoms with Gasteiger partial charge in [0, 0.05) is 25.6 Å². The first kappa shape index (κ1) is 16.7. The first-order chi connectivity index (χ1) is 9.20. The standard InChI is InChI=1S/C14H19FN2O2.ClH/c1-2-12(14(18)17-9-10-7-16-8-10)19-13-6-4-3-5-11(13)15;/h3-6,10,12,16H,2,7-9H2,1H3,(H,17,18);1H. The zero-order valence-electron chi connectivity index (χ0n) is 11.4. The van der Waals surface area contributed by atoms with Crippen molar-refractivity contribution >= 4 is 18.3 Å². The molecule has 0 aromatic heterocycles. The summed E-state index contributed by atoms with van der Waals surface area (Å²) in [7, 11) is 0. The lowest BCUT2D eigenvalue weighted by Gasteiger charge is -2.28. The lowest BCUT2D eigenvalue weighted by atomic mass is 10.0. The third-order valence-corrected chi connectivity index (χ3v) is 3.20. The molecule has 1 aromatic rings. The fraction of sp³-hybridized carbons (Fsp3) is 0.500. The maximum atomic E-state index is 13.5. The Morgan fingerprint density at radius 3 is 2.75 bits per heavy atom. The van der Waals surface area contributed by atoms with E-state index in [-0.39, 0.29) is 24.1 Å². The Morgan fingerprint density at radius 2 is 2.20 bits per heavy atom. The molecule has 4 nitrogen and oxygen atoms in total. The van der Waals surface area contributed by atoms with Crippen LogP contribution >= 0.6 is 12.4 Å². The molecule has 2 N–H and O–H groups in total. The minimum Gasteiger partial charge on any atom is -0.478 e. The molecule has 0 aliphatic carbocycles. The van der Waals surface area contributed by atoms with Gasteiger partial charge in [0.2, 0.25) is 0 Å². The first-order valence-corrected chi connectivity index (χ1v) is 6.60. The van der Waals surface area contributed by atoms with Gasteiger partial charge in [0.05, 0.1) is 0 Å². The van der Waals surface area contributed by atoms with Gasteiger partial charge in [0.25, 0.3) is 5.91 Å². The number of halogens is 2. The Hall–Kier alpha value is -1.33. The van der Waals surface area contributed by atoms with Crippen molar-refractivity contribution in [3.63, 3.8) is 0 Å². The summed E-state index contributed by atoms with van der Waals surface area (Å²) >= 11 is 0. The predicted octanol–water partition coefficient (Wildman–Crippen LogP) is 1.74. The zero-order valence-corrected chi connectivity index (χ0v) is 12.2. The van der Waals surface area contributed by atoms with Gasteiger partial charge < -0.3 is 15.4 Å². The molecule has 6 heteroatoms. The fourth-order valence-electron chi connectivity index (χ4n) is 1.87. The molecule has 1 saturated heterocycles. The van der Waals surface area contributed by atoms with E-state index in [0.29, 0.717) is 18.9 Å². The number of carbonyl (C=O) groups is 1. The van der Waals surface area contributed by atoms with Gasteiger partial charge in [-0.25, -0.2) is 4.39 Å². The van der Waals surface area contributed by atoms with Gasteiger partial charge in [0.15, 0.2) is 17.7 Å². The Bertz CT molecular complexity index is 441. The molecule has 1 atom stereocenters. The van der Waals surface area contributed by atoms with Crippen LogP contribution in [0, 0.1) is 11.7 Å². The number of hydrogen-bond donors (Lipinski definition) is 2. The Kier molecular flexibility index (Phi) is 6.75. The maximum absolute atomic E-state index is 13.5. The Balaban J connectivity index is 0.00000200. The average molecular weight is 303 g/mol. The zero-order chi connectivity index (χ0) is 13.7. The molecule has 0 spiro atoms. The Labute approximate surface area is 124 Å². The minimum atomic E-state index is -0.648. The Morgan fingerprint density at radius 1 is 1.50 bits per heavy atom. The van der Waals surface area contributed by atoms with Crippen LogP contribution in [0.1, 0.15) is 13.3 Å². The summed E-state index contributed by atoms with van der Waals surface area (Å²) in [5, 5.41) is 5.99. The van der Waals surface area contributed by atoms with E-state index >= 15 is 0 Å². The number of benzene rings is 1. The largest absolute Gasteiger partial charge is 0.478 e. The van der Waals surface area contributed by atoms with Crippen molar-refractivity contribution in [2.75, 3.05) is 19.6 Å². The number of carbonyl (C=O) groups excluding carboxylic acids is 1. The number of para-hydroxylation sites is 1. The van der Waals surface area contributed by atoms with Crippen molar-refractivity contribution in [3.05, 3.63) is 30.1 Å². The van der Waals surface area contributed by atoms with Gasteiger partial charge in [-0.05, 0) is 18.6 Å². The monoisotopic (exact) mass is 302 g/mol. The molecule has 0 radical (unpaired) electrons. The highest BCUT2D eigenvalue weighted by Gasteiger charge is 2.22. The smallest absolute Gasteiger partial charge is 0.261 e. The van der Waals surface area contributed by atoms with Crippen LogP contribution in [-0.4, -0.2) is 31.6 Å². The van der Waals surface area contributed by atoms with E-state index in [1.165, 1.54) is 12.1 Å². The quantitative estimate of drug-likeness (QED) is 0.841. The van der Waals surface area contributed by atoms with Crippen molar-refractivity contribution < 1.29 is 13.9 Å². The molecule has 0 bridgehead atoms. The van der Waals surface area contributed by atoms with E-state index in [4.69, 9.17) is 4.74 Å². The summed E-state index contributed by atoms with van der Waals surface area (Å²) in [5.74, 6) is -0.0145. The molecule has 1 amide bonds. The second-order valence-electron chi connectivity index (χ2n) is 4.71. The number of ether oxygens (including phenoxy) is 1. The SMILES string of the molecule is CCC(Oc1ccccc1F)C(=O)NCC1CNC1.Cl. The van der Waals surface area contributed by atoms with E-state index in [1.807, 2.05) is 6.92 Å². The van der Waals surface area contributed by atoms with Gasteiger partial charge in [-0.3, -0.25) is 4.79 Å². The summed E-state index contributed by atoms with van der Waals surface area (Å²) in [4.78, 5) is 12.0. The maximum Gasteiger partial charge on any atom is 0.261 e. The van der Waals surface area contributed by atoms with Crippen molar-refractivity contribution in [2.45, 2.75) is 19.4 Å². The van der Waals surface area contributed by atoms with Gasteiger partial charge in [-0.1, -0.05) is 19.1 Å².